The maximum absolute atomic E-state index is 13.2. The van der Waals surface area contributed by atoms with Crippen LogP contribution in [0.25, 0.3) is 10.9 Å². The molecule has 0 spiro atoms. The highest BCUT2D eigenvalue weighted by Gasteiger charge is 2.23. The number of hydrogen-bond acceptors (Lipinski definition) is 4. The molecule has 0 aliphatic carbocycles. The van der Waals surface area contributed by atoms with Crippen molar-refractivity contribution in [2.24, 2.45) is 5.92 Å². The van der Waals surface area contributed by atoms with Crippen molar-refractivity contribution in [3.63, 3.8) is 0 Å². The van der Waals surface area contributed by atoms with Crippen molar-refractivity contribution in [1.82, 2.24) is 14.9 Å². The molecule has 1 saturated heterocycles. The number of aryl methyl sites for hydroxylation is 1. The van der Waals surface area contributed by atoms with Gasteiger partial charge in [-0.1, -0.05) is 18.2 Å². The minimum Gasteiger partial charge on any atom is -0.496 e. The standard InChI is InChI=1S/C24H29N3O4/c1-15-12-21(30-3)19(23(28)26-15)13-25-24(29)22-16(2)27(14-17-8-10-31-11-9-17)20-7-5-4-6-18(20)22/h4-7,12,17H,8-11,13-14H2,1-3H3,(H,25,29)(H,26,28). The van der Waals surface area contributed by atoms with Gasteiger partial charge in [-0.2, -0.15) is 0 Å². The fraction of sp³-hybridized carbons (Fsp3) is 0.417. The molecule has 1 aliphatic heterocycles. The number of carbonyl (C=O) groups excluding carboxylic acids is 1. The summed E-state index contributed by atoms with van der Waals surface area (Å²) in [5.74, 6) is 0.816. The topological polar surface area (TPSA) is 85.4 Å². The summed E-state index contributed by atoms with van der Waals surface area (Å²) < 4.78 is 13.1. The van der Waals surface area contributed by atoms with Crippen molar-refractivity contribution in [3.05, 3.63) is 63.2 Å². The van der Waals surface area contributed by atoms with Gasteiger partial charge in [0.05, 0.1) is 24.8 Å². The number of methoxy groups -OCH3 is 1. The van der Waals surface area contributed by atoms with Crippen LogP contribution < -0.4 is 15.6 Å². The maximum Gasteiger partial charge on any atom is 0.256 e. The normalized spacial score (nSPS) is 14.7. The first-order valence-electron chi connectivity index (χ1n) is 10.7. The Kier molecular flexibility index (Phi) is 6.13. The van der Waals surface area contributed by atoms with Crippen LogP contribution in [0, 0.1) is 19.8 Å². The summed E-state index contributed by atoms with van der Waals surface area (Å²) in [5, 5.41) is 3.85. The summed E-state index contributed by atoms with van der Waals surface area (Å²) in [4.78, 5) is 28.4. The molecule has 3 aromatic rings. The predicted octanol–water partition coefficient (Wildman–Crippen LogP) is 3.31. The second kappa shape index (κ2) is 8.98. The van der Waals surface area contributed by atoms with E-state index in [2.05, 4.69) is 20.9 Å². The third-order valence-electron chi connectivity index (χ3n) is 6.12. The molecule has 0 bridgehead atoms. The second-order valence-corrected chi connectivity index (χ2v) is 8.15. The van der Waals surface area contributed by atoms with Crippen LogP contribution in [-0.2, 0) is 17.8 Å². The number of benzene rings is 1. The second-order valence-electron chi connectivity index (χ2n) is 8.15. The Balaban J connectivity index is 1.63. The molecule has 7 nitrogen and oxygen atoms in total. The molecular weight excluding hydrogens is 394 g/mol. The molecule has 1 aromatic carbocycles. The van der Waals surface area contributed by atoms with Crippen LogP contribution in [0.15, 0.2) is 35.1 Å². The van der Waals surface area contributed by atoms with E-state index in [-0.39, 0.29) is 18.0 Å². The van der Waals surface area contributed by atoms with Crippen LogP contribution in [0.2, 0.25) is 0 Å². The van der Waals surface area contributed by atoms with Gasteiger partial charge in [-0.15, -0.1) is 0 Å². The molecule has 1 amide bonds. The van der Waals surface area contributed by atoms with E-state index in [0.29, 0.717) is 28.5 Å². The molecule has 0 atom stereocenters. The van der Waals surface area contributed by atoms with Gasteiger partial charge in [-0.05, 0) is 44.7 Å². The number of carbonyl (C=O) groups is 1. The third kappa shape index (κ3) is 4.23. The lowest BCUT2D eigenvalue weighted by Gasteiger charge is -2.23. The number of amides is 1. The number of H-pyrrole nitrogens is 1. The van der Waals surface area contributed by atoms with Crippen molar-refractivity contribution >= 4 is 16.8 Å². The summed E-state index contributed by atoms with van der Waals surface area (Å²) in [6, 6.07) is 9.75. The van der Waals surface area contributed by atoms with Crippen molar-refractivity contribution < 1.29 is 14.3 Å². The van der Waals surface area contributed by atoms with E-state index >= 15 is 0 Å². The van der Waals surface area contributed by atoms with E-state index in [1.54, 1.807) is 13.0 Å². The number of pyridine rings is 1. The summed E-state index contributed by atoms with van der Waals surface area (Å²) in [6.45, 7) is 6.34. The van der Waals surface area contributed by atoms with Crippen LogP contribution in [0.4, 0.5) is 0 Å². The van der Waals surface area contributed by atoms with Gasteiger partial charge in [0, 0.05) is 42.0 Å². The van der Waals surface area contributed by atoms with Crippen molar-refractivity contribution in [2.75, 3.05) is 20.3 Å². The Morgan fingerprint density at radius 1 is 1.26 bits per heavy atom. The van der Waals surface area contributed by atoms with E-state index in [1.165, 1.54) is 7.11 Å². The molecule has 1 fully saturated rings. The largest absolute Gasteiger partial charge is 0.496 e. The van der Waals surface area contributed by atoms with Crippen molar-refractivity contribution in [3.8, 4) is 5.75 Å². The molecule has 2 N–H and O–H groups in total. The van der Waals surface area contributed by atoms with Crippen LogP contribution in [0.3, 0.4) is 0 Å². The van der Waals surface area contributed by atoms with Crippen LogP contribution in [-0.4, -0.2) is 35.8 Å². The summed E-state index contributed by atoms with van der Waals surface area (Å²) in [7, 11) is 1.52. The lowest BCUT2D eigenvalue weighted by atomic mass is 10.0. The van der Waals surface area contributed by atoms with Crippen molar-refractivity contribution in [2.45, 2.75) is 39.8 Å². The molecule has 31 heavy (non-hydrogen) atoms. The number of nitrogens with one attached hydrogen (secondary N) is 2. The zero-order valence-corrected chi connectivity index (χ0v) is 18.3. The lowest BCUT2D eigenvalue weighted by Crippen LogP contribution is -2.28. The Bertz CT molecular complexity index is 1160. The minimum atomic E-state index is -0.254. The molecule has 0 radical (unpaired) electrons. The molecule has 7 heteroatoms. The van der Waals surface area contributed by atoms with E-state index in [1.807, 2.05) is 25.1 Å². The van der Waals surface area contributed by atoms with Gasteiger partial charge in [0.2, 0.25) is 0 Å². The molecule has 3 heterocycles. The lowest BCUT2D eigenvalue weighted by molar-refractivity contribution is 0.0614. The highest BCUT2D eigenvalue weighted by Crippen LogP contribution is 2.29. The van der Waals surface area contributed by atoms with E-state index in [9.17, 15) is 9.59 Å². The molecule has 0 saturated carbocycles. The minimum absolute atomic E-state index is 0.0938. The van der Waals surface area contributed by atoms with Crippen LogP contribution >= 0.6 is 0 Å². The number of para-hydroxylation sites is 1. The van der Waals surface area contributed by atoms with Gasteiger partial charge in [-0.25, -0.2) is 0 Å². The highest BCUT2D eigenvalue weighted by atomic mass is 16.5. The number of nitrogens with zero attached hydrogens (tertiary/aromatic N) is 1. The van der Waals surface area contributed by atoms with Gasteiger partial charge in [0.1, 0.15) is 5.75 Å². The molecule has 164 valence electrons. The molecule has 4 rings (SSSR count). The van der Waals surface area contributed by atoms with Gasteiger partial charge in [0.15, 0.2) is 0 Å². The van der Waals surface area contributed by atoms with Crippen LogP contribution in [0.5, 0.6) is 5.75 Å². The molecule has 1 aliphatic rings. The first-order valence-corrected chi connectivity index (χ1v) is 10.7. The molecule has 0 unspecified atom stereocenters. The van der Waals surface area contributed by atoms with Gasteiger partial charge in [-0.3, -0.25) is 9.59 Å². The predicted molar refractivity (Wildman–Crippen MR) is 120 cm³/mol. The number of rotatable bonds is 6. The van der Waals surface area contributed by atoms with E-state index < -0.39 is 0 Å². The number of hydrogen-bond donors (Lipinski definition) is 2. The smallest absolute Gasteiger partial charge is 0.256 e. The van der Waals surface area contributed by atoms with Crippen LogP contribution in [0.1, 0.15) is 40.2 Å². The highest BCUT2D eigenvalue weighted by molar-refractivity contribution is 6.08. The monoisotopic (exact) mass is 423 g/mol. The quantitative estimate of drug-likeness (QED) is 0.637. The number of fused-ring (bicyclic) bond motifs is 1. The number of ether oxygens (including phenoxy) is 2. The fourth-order valence-electron chi connectivity index (χ4n) is 4.43. The average Bonchev–Trinajstić information content (AvgIpc) is 3.04. The SMILES string of the molecule is COc1cc(C)[nH]c(=O)c1CNC(=O)c1c(C)n(CC2CCOCC2)c2ccccc12. The third-order valence-corrected chi connectivity index (χ3v) is 6.12. The summed E-state index contributed by atoms with van der Waals surface area (Å²) >= 11 is 0. The Labute approximate surface area is 181 Å². The average molecular weight is 424 g/mol. The Morgan fingerprint density at radius 3 is 2.74 bits per heavy atom. The van der Waals surface area contributed by atoms with Gasteiger partial charge in [0.25, 0.3) is 11.5 Å². The number of aromatic nitrogens is 2. The zero-order chi connectivity index (χ0) is 22.0. The molecule has 2 aromatic heterocycles. The van der Waals surface area contributed by atoms with E-state index in [4.69, 9.17) is 9.47 Å². The maximum atomic E-state index is 13.2. The zero-order valence-electron chi connectivity index (χ0n) is 18.3. The van der Waals surface area contributed by atoms with Gasteiger partial charge >= 0.3 is 0 Å². The number of aromatic amines is 1. The van der Waals surface area contributed by atoms with E-state index in [0.717, 1.165) is 49.2 Å². The first-order chi connectivity index (χ1) is 15.0. The summed E-state index contributed by atoms with van der Waals surface area (Å²) in [6.07, 6.45) is 2.06. The Morgan fingerprint density at radius 2 is 2.00 bits per heavy atom. The molecular formula is C24H29N3O4. The van der Waals surface area contributed by atoms with Crippen molar-refractivity contribution in [1.29, 1.82) is 0 Å². The summed E-state index contributed by atoms with van der Waals surface area (Å²) in [5.41, 5.74) is 3.52. The van der Waals surface area contributed by atoms with Gasteiger partial charge < -0.3 is 24.3 Å². The first kappa shape index (κ1) is 21.2. The Hall–Kier alpha value is -3.06. The fourth-order valence-corrected chi connectivity index (χ4v) is 4.43.